The molecule has 1 aliphatic heterocycles. The van der Waals surface area contributed by atoms with Crippen LogP contribution >= 0.6 is 0 Å². The molecule has 0 saturated carbocycles. The lowest BCUT2D eigenvalue weighted by atomic mass is 10.0. The van der Waals surface area contributed by atoms with Crippen LogP contribution in [-0.4, -0.2) is 26.6 Å². The van der Waals surface area contributed by atoms with Crippen molar-refractivity contribution >= 4 is 27.3 Å². The number of carbonyl (C=O) groups excluding carboxylic acids is 1. The molecular formula is C21H26N2O3S. The fourth-order valence-corrected chi connectivity index (χ4v) is 4.93. The molecule has 1 N–H and O–H groups in total. The number of hydrogen-bond acceptors (Lipinski definition) is 3. The zero-order valence-electron chi connectivity index (χ0n) is 16.0. The zero-order chi connectivity index (χ0) is 19.6. The second-order valence-corrected chi connectivity index (χ2v) is 9.34. The van der Waals surface area contributed by atoms with Gasteiger partial charge in [0.1, 0.15) is 0 Å². The van der Waals surface area contributed by atoms with Crippen LogP contribution in [-0.2, 0) is 10.0 Å². The minimum atomic E-state index is -3.31. The zero-order valence-corrected chi connectivity index (χ0v) is 16.8. The van der Waals surface area contributed by atoms with E-state index in [1.807, 2.05) is 31.2 Å². The van der Waals surface area contributed by atoms with Gasteiger partial charge in [-0.2, -0.15) is 0 Å². The van der Waals surface area contributed by atoms with Crippen molar-refractivity contribution in [1.82, 2.24) is 0 Å². The normalized spacial score (nSPS) is 16.4. The minimum Gasteiger partial charge on any atom is -0.322 e. The van der Waals surface area contributed by atoms with Crippen molar-refractivity contribution in [2.45, 2.75) is 39.5 Å². The summed E-state index contributed by atoms with van der Waals surface area (Å²) in [6, 6.07) is 13.0. The Kier molecular flexibility index (Phi) is 5.56. The van der Waals surface area contributed by atoms with Crippen LogP contribution in [0.3, 0.4) is 0 Å². The molecule has 0 bridgehead atoms. The van der Waals surface area contributed by atoms with Crippen molar-refractivity contribution in [3.63, 3.8) is 0 Å². The van der Waals surface area contributed by atoms with Crippen molar-refractivity contribution in [1.29, 1.82) is 0 Å². The van der Waals surface area contributed by atoms with Gasteiger partial charge in [0.25, 0.3) is 5.91 Å². The van der Waals surface area contributed by atoms with E-state index in [0.29, 0.717) is 30.1 Å². The highest BCUT2D eigenvalue weighted by Gasteiger charge is 2.27. The molecule has 1 saturated heterocycles. The van der Waals surface area contributed by atoms with Crippen LogP contribution in [0.1, 0.15) is 54.1 Å². The van der Waals surface area contributed by atoms with Crippen molar-refractivity contribution in [3.05, 3.63) is 59.2 Å². The van der Waals surface area contributed by atoms with Crippen LogP contribution in [0.5, 0.6) is 0 Å². The first kappa shape index (κ1) is 19.4. The maximum atomic E-state index is 12.7. The van der Waals surface area contributed by atoms with E-state index < -0.39 is 10.0 Å². The molecule has 0 unspecified atom stereocenters. The number of aryl methyl sites for hydroxylation is 1. The molecule has 1 fully saturated rings. The Morgan fingerprint density at radius 2 is 1.78 bits per heavy atom. The Morgan fingerprint density at radius 1 is 1.07 bits per heavy atom. The van der Waals surface area contributed by atoms with Crippen LogP contribution < -0.4 is 9.62 Å². The van der Waals surface area contributed by atoms with Crippen molar-refractivity contribution in [2.24, 2.45) is 0 Å². The number of nitrogens with zero attached hydrogens (tertiary/aromatic N) is 1. The van der Waals surface area contributed by atoms with Gasteiger partial charge in [0.15, 0.2) is 0 Å². The molecule has 144 valence electrons. The molecule has 1 amide bonds. The predicted octanol–water partition coefficient (Wildman–Crippen LogP) is 4.30. The van der Waals surface area contributed by atoms with E-state index in [9.17, 15) is 13.2 Å². The fraction of sp³-hybridized carbons (Fsp3) is 0.381. The van der Waals surface area contributed by atoms with E-state index in [1.165, 1.54) is 9.87 Å². The maximum Gasteiger partial charge on any atom is 0.255 e. The van der Waals surface area contributed by atoms with Gasteiger partial charge in [-0.05, 0) is 61.1 Å². The first-order valence-electron chi connectivity index (χ1n) is 9.30. The summed E-state index contributed by atoms with van der Waals surface area (Å²) in [5, 5.41) is 2.89. The molecule has 0 spiro atoms. The molecule has 5 nitrogen and oxygen atoms in total. The van der Waals surface area contributed by atoms with E-state index in [-0.39, 0.29) is 11.7 Å². The SMILES string of the molecule is Cc1ccc(C(=O)Nc2ccc(C(C)C)cc2)cc1N1CCCCS1(=O)=O. The molecule has 0 atom stereocenters. The Labute approximate surface area is 161 Å². The second kappa shape index (κ2) is 7.72. The second-order valence-electron chi connectivity index (χ2n) is 7.33. The predicted molar refractivity (Wildman–Crippen MR) is 110 cm³/mol. The van der Waals surface area contributed by atoms with Gasteiger partial charge in [-0.15, -0.1) is 0 Å². The van der Waals surface area contributed by atoms with Crippen molar-refractivity contribution in [3.8, 4) is 0 Å². The molecule has 6 heteroatoms. The fourth-order valence-electron chi connectivity index (χ4n) is 3.23. The van der Waals surface area contributed by atoms with E-state index >= 15 is 0 Å². The first-order chi connectivity index (χ1) is 12.8. The smallest absolute Gasteiger partial charge is 0.255 e. The largest absolute Gasteiger partial charge is 0.322 e. The maximum absolute atomic E-state index is 12.7. The van der Waals surface area contributed by atoms with Gasteiger partial charge in [-0.25, -0.2) is 8.42 Å². The quantitative estimate of drug-likeness (QED) is 0.852. The summed E-state index contributed by atoms with van der Waals surface area (Å²) in [5.41, 5.74) is 3.82. The molecule has 1 heterocycles. The number of hydrogen-bond donors (Lipinski definition) is 1. The number of benzene rings is 2. The third-order valence-corrected chi connectivity index (χ3v) is 6.78. The van der Waals surface area contributed by atoms with Crippen molar-refractivity contribution < 1.29 is 13.2 Å². The summed E-state index contributed by atoms with van der Waals surface area (Å²) < 4.78 is 26.3. The van der Waals surface area contributed by atoms with Gasteiger partial charge < -0.3 is 5.32 Å². The molecule has 0 radical (unpaired) electrons. The number of nitrogens with one attached hydrogen (secondary N) is 1. The van der Waals surface area contributed by atoms with Crippen LogP contribution in [0.15, 0.2) is 42.5 Å². The third-order valence-electron chi connectivity index (χ3n) is 4.92. The molecule has 1 aliphatic rings. The summed E-state index contributed by atoms with van der Waals surface area (Å²) in [5.74, 6) is 0.342. The Morgan fingerprint density at radius 3 is 2.41 bits per heavy atom. The van der Waals surface area contributed by atoms with Gasteiger partial charge in [-0.1, -0.05) is 32.0 Å². The lowest BCUT2D eigenvalue weighted by Gasteiger charge is -2.29. The summed E-state index contributed by atoms with van der Waals surface area (Å²) in [7, 11) is -3.31. The monoisotopic (exact) mass is 386 g/mol. The molecular weight excluding hydrogens is 360 g/mol. The summed E-state index contributed by atoms with van der Waals surface area (Å²) >= 11 is 0. The molecule has 2 aromatic rings. The summed E-state index contributed by atoms with van der Waals surface area (Å²) in [6.45, 7) is 6.57. The first-order valence-corrected chi connectivity index (χ1v) is 10.9. The van der Waals surface area contributed by atoms with E-state index in [0.717, 1.165) is 17.7 Å². The third kappa shape index (κ3) is 4.33. The lowest BCUT2D eigenvalue weighted by Crippen LogP contribution is -2.38. The Bertz CT molecular complexity index is 934. The number of carbonyl (C=O) groups is 1. The van der Waals surface area contributed by atoms with Crippen molar-refractivity contribution in [2.75, 3.05) is 21.9 Å². The summed E-state index contributed by atoms with van der Waals surface area (Å²) in [6.07, 6.45) is 1.52. The molecule has 27 heavy (non-hydrogen) atoms. The average Bonchev–Trinajstić information content (AvgIpc) is 2.62. The van der Waals surface area contributed by atoms with Gasteiger partial charge in [-0.3, -0.25) is 9.10 Å². The summed E-state index contributed by atoms with van der Waals surface area (Å²) in [4.78, 5) is 12.7. The van der Waals surface area contributed by atoms with E-state index in [4.69, 9.17) is 0 Å². The number of sulfonamides is 1. The van der Waals surface area contributed by atoms with Crippen LogP contribution in [0, 0.1) is 6.92 Å². The lowest BCUT2D eigenvalue weighted by molar-refractivity contribution is 0.102. The molecule has 0 aliphatic carbocycles. The van der Waals surface area contributed by atoms with Gasteiger partial charge in [0.05, 0.1) is 11.4 Å². The molecule has 2 aromatic carbocycles. The van der Waals surface area contributed by atoms with E-state index in [1.54, 1.807) is 18.2 Å². The number of anilines is 2. The van der Waals surface area contributed by atoms with Crippen LogP contribution in [0.2, 0.25) is 0 Å². The van der Waals surface area contributed by atoms with Gasteiger partial charge in [0, 0.05) is 17.8 Å². The topological polar surface area (TPSA) is 66.5 Å². The standard InChI is InChI=1S/C21H26N2O3S/c1-15(2)17-8-10-19(11-9-17)22-21(24)18-7-6-16(3)20(14-18)23-12-4-5-13-27(23,25)26/h6-11,14-15H,4-5,12-13H2,1-3H3,(H,22,24). The van der Waals surface area contributed by atoms with Crippen LogP contribution in [0.4, 0.5) is 11.4 Å². The highest BCUT2D eigenvalue weighted by atomic mass is 32.2. The Balaban J connectivity index is 1.83. The van der Waals surface area contributed by atoms with E-state index in [2.05, 4.69) is 19.2 Å². The average molecular weight is 387 g/mol. The highest BCUT2D eigenvalue weighted by molar-refractivity contribution is 7.92. The minimum absolute atomic E-state index is 0.158. The number of rotatable bonds is 4. The van der Waals surface area contributed by atoms with Gasteiger partial charge in [0.2, 0.25) is 10.0 Å². The van der Waals surface area contributed by atoms with Gasteiger partial charge >= 0.3 is 0 Å². The number of amides is 1. The Hall–Kier alpha value is -2.34. The molecule has 0 aromatic heterocycles. The highest BCUT2D eigenvalue weighted by Crippen LogP contribution is 2.28. The van der Waals surface area contributed by atoms with Crippen LogP contribution in [0.25, 0.3) is 0 Å². The molecule has 3 rings (SSSR count).